The van der Waals surface area contributed by atoms with E-state index >= 15 is 0 Å². The van der Waals surface area contributed by atoms with Crippen LogP contribution in [0.25, 0.3) is 0 Å². The van der Waals surface area contributed by atoms with Gasteiger partial charge in [-0.15, -0.1) is 0 Å². The Morgan fingerprint density at radius 3 is 2.93 bits per heavy atom. The predicted molar refractivity (Wildman–Crippen MR) is 56.3 cm³/mol. The summed E-state index contributed by atoms with van der Waals surface area (Å²) in [5, 5.41) is 11.9. The van der Waals surface area contributed by atoms with Gasteiger partial charge in [-0.3, -0.25) is 4.79 Å². The van der Waals surface area contributed by atoms with E-state index < -0.39 is 5.41 Å². The van der Waals surface area contributed by atoms with Crippen molar-refractivity contribution in [1.29, 1.82) is 0 Å². The van der Waals surface area contributed by atoms with Crippen molar-refractivity contribution in [3.8, 4) is 0 Å². The summed E-state index contributed by atoms with van der Waals surface area (Å²) in [6, 6.07) is 1.99. The van der Waals surface area contributed by atoms with Crippen LogP contribution in [0.3, 0.4) is 0 Å². The van der Waals surface area contributed by atoms with Crippen LogP contribution in [-0.4, -0.2) is 29.1 Å². The number of hydrogen-bond acceptors (Lipinski definition) is 2. The van der Waals surface area contributed by atoms with Gasteiger partial charge < -0.3 is 15.4 Å². The SMILES string of the molecule is O=C(NCCc1cc[nH]c1)C1(CO)CC1. The van der Waals surface area contributed by atoms with Crippen molar-refractivity contribution < 1.29 is 9.90 Å². The smallest absolute Gasteiger partial charge is 0.228 e. The van der Waals surface area contributed by atoms with Crippen LogP contribution in [-0.2, 0) is 11.2 Å². The van der Waals surface area contributed by atoms with Gasteiger partial charge >= 0.3 is 0 Å². The molecule has 1 saturated carbocycles. The van der Waals surface area contributed by atoms with Crippen LogP contribution in [0.5, 0.6) is 0 Å². The molecular weight excluding hydrogens is 192 g/mol. The lowest BCUT2D eigenvalue weighted by Crippen LogP contribution is -2.35. The Bertz CT molecular complexity index is 328. The highest BCUT2D eigenvalue weighted by Gasteiger charge is 2.49. The highest BCUT2D eigenvalue weighted by Crippen LogP contribution is 2.45. The first-order chi connectivity index (χ1) is 7.27. The summed E-state index contributed by atoms with van der Waals surface area (Å²) >= 11 is 0. The van der Waals surface area contributed by atoms with E-state index in [1.54, 1.807) is 0 Å². The molecule has 0 aromatic carbocycles. The molecular formula is C11H16N2O2. The highest BCUT2D eigenvalue weighted by atomic mass is 16.3. The largest absolute Gasteiger partial charge is 0.395 e. The molecule has 1 aromatic heterocycles. The van der Waals surface area contributed by atoms with Crippen molar-refractivity contribution in [2.45, 2.75) is 19.3 Å². The molecule has 2 rings (SSSR count). The number of carbonyl (C=O) groups is 1. The second-order valence-electron chi connectivity index (χ2n) is 4.16. The molecule has 4 nitrogen and oxygen atoms in total. The van der Waals surface area contributed by atoms with Gasteiger partial charge in [0.25, 0.3) is 0 Å². The van der Waals surface area contributed by atoms with Gasteiger partial charge in [0.15, 0.2) is 0 Å². The Labute approximate surface area is 88.7 Å². The van der Waals surface area contributed by atoms with Gasteiger partial charge in [0.1, 0.15) is 0 Å². The molecule has 0 saturated heterocycles. The third-order valence-corrected chi connectivity index (χ3v) is 3.00. The third-order valence-electron chi connectivity index (χ3n) is 3.00. The van der Waals surface area contributed by atoms with Gasteiger partial charge in [0.2, 0.25) is 5.91 Å². The van der Waals surface area contributed by atoms with Crippen LogP contribution < -0.4 is 5.32 Å². The maximum Gasteiger partial charge on any atom is 0.228 e. The van der Waals surface area contributed by atoms with Crippen molar-refractivity contribution in [2.24, 2.45) is 5.41 Å². The van der Waals surface area contributed by atoms with Crippen LogP contribution in [0.2, 0.25) is 0 Å². The van der Waals surface area contributed by atoms with E-state index in [-0.39, 0.29) is 12.5 Å². The first kappa shape index (κ1) is 10.2. The number of hydrogen-bond donors (Lipinski definition) is 3. The van der Waals surface area contributed by atoms with Gasteiger partial charge in [-0.05, 0) is 30.9 Å². The Kier molecular flexibility index (Phi) is 2.77. The molecule has 1 fully saturated rings. The maximum absolute atomic E-state index is 11.6. The van der Waals surface area contributed by atoms with Crippen molar-refractivity contribution in [3.63, 3.8) is 0 Å². The van der Waals surface area contributed by atoms with E-state index in [2.05, 4.69) is 10.3 Å². The second-order valence-corrected chi connectivity index (χ2v) is 4.16. The fraction of sp³-hybridized carbons (Fsp3) is 0.545. The minimum atomic E-state index is -0.446. The zero-order chi connectivity index (χ0) is 10.7. The number of aliphatic hydroxyl groups excluding tert-OH is 1. The number of nitrogens with one attached hydrogen (secondary N) is 2. The Morgan fingerprint density at radius 2 is 2.40 bits per heavy atom. The standard InChI is InChI=1S/C11H16N2O2/c14-8-11(3-4-11)10(15)13-6-2-9-1-5-12-7-9/h1,5,7,12,14H,2-4,6,8H2,(H,13,15). The lowest BCUT2D eigenvalue weighted by Gasteiger charge is -2.11. The summed E-state index contributed by atoms with van der Waals surface area (Å²) in [6.45, 7) is 0.613. The predicted octanol–water partition coefficient (Wildman–Crippen LogP) is 0.446. The molecule has 0 spiro atoms. The lowest BCUT2D eigenvalue weighted by molar-refractivity contribution is -0.127. The summed E-state index contributed by atoms with van der Waals surface area (Å²) in [5.74, 6) is 0.000496. The number of aromatic amines is 1. The Balaban J connectivity index is 1.72. The van der Waals surface area contributed by atoms with E-state index in [0.29, 0.717) is 6.54 Å². The number of rotatable bonds is 5. The molecule has 1 aliphatic rings. The maximum atomic E-state index is 11.6. The summed E-state index contributed by atoms with van der Waals surface area (Å²) in [7, 11) is 0. The molecule has 15 heavy (non-hydrogen) atoms. The molecule has 0 bridgehead atoms. The van der Waals surface area contributed by atoms with Crippen LogP contribution >= 0.6 is 0 Å². The number of H-pyrrole nitrogens is 1. The normalized spacial score (nSPS) is 17.4. The molecule has 1 heterocycles. The summed E-state index contributed by atoms with van der Waals surface area (Å²) in [5.41, 5.74) is 0.738. The molecule has 4 heteroatoms. The zero-order valence-corrected chi connectivity index (χ0v) is 8.62. The molecule has 0 atom stereocenters. The molecule has 1 amide bonds. The van der Waals surface area contributed by atoms with Gasteiger partial charge in [0.05, 0.1) is 12.0 Å². The van der Waals surface area contributed by atoms with Crippen LogP contribution in [0.4, 0.5) is 0 Å². The minimum absolute atomic E-state index is 0.000496. The van der Waals surface area contributed by atoms with Crippen molar-refractivity contribution in [1.82, 2.24) is 10.3 Å². The quantitative estimate of drug-likeness (QED) is 0.657. The summed E-state index contributed by atoms with van der Waals surface area (Å²) < 4.78 is 0. The van der Waals surface area contributed by atoms with Crippen molar-refractivity contribution in [3.05, 3.63) is 24.0 Å². The lowest BCUT2D eigenvalue weighted by atomic mass is 10.1. The van der Waals surface area contributed by atoms with Gasteiger partial charge in [-0.1, -0.05) is 0 Å². The number of aliphatic hydroxyl groups is 1. The molecule has 0 radical (unpaired) electrons. The number of amides is 1. The average Bonchev–Trinajstić information content (AvgIpc) is 2.90. The van der Waals surface area contributed by atoms with Gasteiger partial charge in [0, 0.05) is 18.9 Å². The van der Waals surface area contributed by atoms with Crippen molar-refractivity contribution in [2.75, 3.05) is 13.2 Å². The number of aromatic nitrogens is 1. The van der Waals surface area contributed by atoms with E-state index in [1.165, 1.54) is 5.56 Å². The second kappa shape index (κ2) is 4.06. The van der Waals surface area contributed by atoms with E-state index in [0.717, 1.165) is 19.3 Å². The minimum Gasteiger partial charge on any atom is -0.395 e. The zero-order valence-electron chi connectivity index (χ0n) is 8.62. The fourth-order valence-electron chi connectivity index (χ4n) is 1.63. The van der Waals surface area contributed by atoms with E-state index in [9.17, 15) is 4.79 Å². The summed E-state index contributed by atoms with van der Waals surface area (Å²) in [4.78, 5) is 14.6. The Hall–Kier alpha value is -1.29. The third kappa shape index (κ3) is 2.21. The fourth-order valence-corrected chi connectivity index (χ4v) is 1.63. The molecule has 0 aliphatic heterocycles. The molecule has 0 unspecified atom stereocenters. The first-order valence-corrected chi connectivity index (χ1v) is 5.28. The van der Waals surface area contributed by atoms with Crippen LogP contribution in [0, 0.1) is 5.41 Å². The highest BCUT2D eigenvalue weighted by molar-refractivity contribution is 5.85. The van der Waals surface area contributed by atoms with E-state index in [4.69, 9.17) is 5.11 Å². The molecule has 82 valence electrons. The van der Waals surface area contributed by atoms with Gasteiger partial charge in [-0.25, -0.2) is 0 Å². The molecule has 1 aromatic rings. The summed E-state index contributed by atoms with van der Waals surface area (Å²) in [6.07, 6.45) is 6.26. The molecule has 3 N–H and O–H groups in total. The first-order valence-electron chi connectivity index (χ1n) is 5.28. The topological polar surface area (TPSA) is 65.1 Å². The Morgan fingerprint density at radius 1 is 1.60 bits per heavy atom. The van der Waals surface area contributed by atoms with Gasteiger partial charge in [-0.2, -0.15) is 0 Å². The van der Waals surface area contributed by atoms with Crippen molar-refractivity contribution >= 4 is 5.91 Å². The number of carbonyl (C=O) groups excluding carboxylic acids is 1. The van der Waals surface area contributed by atoms with E-state index in [1.807, 2.05) is 18.5 Å². The van der Waals surface area contributed by atoms with Crippen LogP contribution in [0.15, 0.2) is 18.5 Å². The molecule has 1 aliphatic carbocycles. The average molecular weight is 208 g/mol. The van der Waals surface area contributed by atoms with Crippen LogP contribution in [0.1, 0.15) is 18.4 Å². The monoisotopic (exact) mass is 208 g/mol.